The number of oxime groups is 1. The zero-order valence-electron chi connectivity index (χ0n) is 12.3. The molecule has 0 bridgehead atoms. The van der Waals surface area contributed by atoms with Crippen LogP contribution in [0, 0.1) is 0 Å². The number of esters is 1. The van der Waals surface area contributed by atoms with E-state index < -0.39 is 11.9 Å². The van der Waals surface area contributed by atoms with Gasteiger partial charge in [0.25, 0.3) is 5.91 Å². The Hall–Kier alpha value is -2.43. The highest BCUT2D eigenvalue weighted by Crippen LogP contribution is 2.12. The van der Waals surface area contributed by atoms with Crippen molar-refractivity contribution in [1.29, 1.82) is 0 Å². The second kappa shape index (κ2) is 8.77. The maximum atomic E-state index is 11.6. The van der Waals surface area contributed by atoms with Crippen molar-refractivity contribution >= 4 is 35.1 Å². The first-order chi connectivity index (χ1) is 10.5. The number of aryl methyl sites for hydroxylation is 1. The molecule has 11 heteroatoms. The number of amides is 1. The number of thioether (sulfide) groups is 1. The Labute approximate surface area is 130 Å². The summed E-state index contributed by atoms with van der Waals surface area (Å²) in [5.74, 6) is -1.17. The molecule has 0 saturated heterocycles. The Bertz CT molecular complexity index is 597. The van der Waals surface area contributed by atoms with Crippen LogP contribution in [-0.4, -0.2) is 55.6 Å². The lowest BCUT2D eigenvalue weighted by atomic mass is 10.2. The van der Waals surface area contributed by atoms with E-state index in [-0.39, 0.29) is 23.8 Å². The van der Waals surface area contributed by atoms with E-state index in [1.54, 1.807) is 18.5 Å². The highest BCUT2D eigenvalue weighted by Gasteiger charge is 2.17. The topological polar surface area (TPSA) is 131 Å². The third kappa shape index (κ3) is 5.16. The summed E-state index contributed by atoms with van der Waals surface area (Å²) in [6, 6.07) is 0. The number of carbonyl (C=O) groups excluding carboxylic acids is 2. The SMILES string of the molecule is CCOC(=O)C(=NO)C(C)=NNC(=O)CSc1nncn1C. The Morgan fingerprint density at radius 2 is 2.27 bits per heavy atom. The highest BCUT2D eigenvalue weighted by atomic mass is 32.2. The summed E-state index contributed by atoms with van der Waals surface area (Å²) >= 11 is 1.18. The summed E-state index contributed by atoms with van der Waals surface area (Å²) in [6.45, 7) is 3.15. The van der Waals surface area contributed by atoms with Crippen LogP contribution in [0.25, 0.3) is 0 Å². The smallest absolute Gasteiger partial charge is 0.362 e. The summed E-state index contributed by atoms with van der Waals surface area (Å²) in [4.78, 5) is 23.1. The van der Waals surface area contributed by atoms with E-state index in [2.05, 4.69) is 30.6 Å². The van der Waals surface area contributed by atoms with E-state index >= 15 is 0 Å². The van der Waals surface area contributed by atoms with Crippen LogP contribution >= 0.6 is 11.8 Å². The minimum Gasteiger partial charge on any atom is -0.461 e. The van der Waals surface area contributed by atoms with Crippen molar-refractivity contribution in [1.82, 2.24) is 20.2 Å². The zero-order valence-corrected chi connectivity index (χ0v) is 13.1. The molecule has 1 aromatic rings. The molecule has 0 unspecified atom stereocenters. The molecule has 0 aliphatic heterocycles. The molecule has 10 nitrogen and oxygen atoms in total. The first-order valence-corrected chi connectivity index (χ1v) is 7.17. The Kier molecular flexibility index (Phi) is 7.02. The van der Waals surface area contributed by atoms with Crippen LogP contribution in [0.2, 0.25) is 0 Å². The van der Waals surface area contributed by atoms with Gasteiger partial charge in [-0.1, -0.05) is 16.9 Å². The van der Waals surface area contributed by atoms with E-state index in [0.29, 0.717) is 5.16 Å². The number of carbonyl (C=O) groups is 2. The molecule has 1 aromatic heterocycles. The maximum Gasteiger partial charge on any atom is 0.362 e. The molecule has 0 atom stereocenters. The first kappa shape index (κ1) is 17.6. The second-order valence-electron chi connectivity index (χ2n) is 3.91. The molecule has 0 spiro atoms. The van der Waals surface area contributed by atoms with Crippen LogP contribution in [0.4, 0.5) is 0 Å². The van der Waals surface area contributed by atoms with Crippen molar-refractivity contribution in [2.24, 2.45) is 17.3 Å². The summed E-state index contributed by atoms with van der Waals surface area (Å²) in [7, 11) is 1.76. The molecule has 0 aromatic carbocycles. The quantitative estimate of drug-likeness (QED) is 0.233. The number of nitrogens with zero attached hydrogens (tertiary/aromatic N) is 5. The first-order valence-electron chi connectivity index (χ1n) is 6.19. The van der Waals surface area contributed by atoms with Crippen molar-refractivity contribution in [3.63, 3.8) is 0 Å². The van der Waals surface area contributed by atoms with E-state index in [9.17, 15) is 9.59 Å². The van der Waals surface area contributed by atoms with E-state index in [0.717, 1.165) is 0 Å². The molecule has 1 rings (SSSR count). The van der Waals surface area contributed by atoms with Crippen molar-refractivity contribution in [2.45, 2.75) is 19.0 Å². The third-order valence-corrected chi connectivity index (χ3v) is 3.30. The number of ether oxygens (including phenoxy) is 1. The van der Waals surface area contributed by atoms with Gasteiger partial charge in [-0.2, -0.15) is 5.10 Å². The van der Waals surface area contributed by atoms with Gasteiger partial charge in [-0.25, -0.2) is 10.2 Å². The molecule has 0 saturated carbocycles. The van der Waals surface area contributed by atoms with E-state index in [1.165, 1.54) is 25.0 Å². The van der Waals surface area contributed by atoms with Gasteiger partial charge in [0.1, 0.15) is 6.33 Å². The van der Waals surface area contributed by atoms with Crippen LogP contribution in [0.3, 0.4) is 0 Å². The standard InChI is InChI=1S/C11H16N6O4S/c1-4-21-10(19)9(16-20)7(2)13-14-8(18)5-22-11-15-12-6-17(11)3/h6,20H,4-5H2,1-3H3,(H,14,18). The van der Waals surface area contributed by atoms with Gasteiger partial charge in [-0.15, -0.1) is 10.2 Å². The minimum atomic E-state index is -0.825. The summed E-state index contributed by atoms with van der Waals surface area (Å²) in [6.07, 6.45) is 1.52. The van der Waals surface area contributed by atoms with Gasteiger partial charge < -0.3 is 14.5 Å². The van der Waals surface area contributed by atoms with Gasteiger partial charge in [0.15, 0.2) is 5.16 Å². The molecular weight excluding hydrogens is 312 g/mol. The van der Waals surface area contributed by atoms with E-state index in [4.69, 9.17) is 5.21 Å². The number of hydrazone groups is 1. The largest absolute Gasteiger partial charge is 0.461 e. The van der Waals surface area contributed by atoms with Crippen LogP contribution in [-0.2, 0) is 21.4 Å². The van der Waals surface area contributed by atoms with Gasteiger partial charge in [0, 0.05) is 7.05 Å². The molecule has 0 radical (unpaired) electrons. The number of hydrogen-bond donors (Lipinski definition) is 2. The molecule has 120 valence electrons. The van der Waals surface area contributed by atoms with Crippen molar-refractivity contribution in [3.8, 4) is 0 Å². The number of aromatic nitrogens is 3. The van der Waals surface area contributed by atoms with Gasteiger partial charge in [0.05, 0.1) is 18.1 Å². The molecule has 0 fully saturated rings. The fourth-order valence-corrected chi connectivity index (χ4v) is 1.91. The Morgan fingerprint density at radius 3 is 2.82 bits per heavy atom. The van der Waals surface area contributed by atoms with E-state index in [1.807, 2.05) is 0 Å². The van der Waals surface area contributed by atoms with Gasteiger partial charge in [-0.05, 0) is 13.8 Å². The van der Waals surface area contributed by atoms with Crippen LogP contribution in [0.1, 0.15) is 13.8 Å². The molecule has 0 aliphatic rings. The molecule has 0 aliphatic carbocycles. The highest BCUT2D eigenvalue weighted by molar-refractivity contribution is 7.99. The monoisotopic (exact) mass is 328 g/mol. The van der Waals surface area contributed by atoms with Crippen LogP contribution in [0.5, 0.6) is 0 Å². The molecule has 22 heavy (non-hydrogen) atoms. The fraction of sp³-hybridized carbons (Fsp3) is 0.455. The van der Waals surface area contributed by atoms with Crippen molar-refractivity contribution in [2.75, 3.05) is 12.4 Å². The summed E-state index contributed by atoms with van der Waals surface area (Å²) < 4.78 is 6.36. The average Bonchev–Trinajstić information content (AvgIpc) is 2.89. The van der Waals surface area contributed by atoms with Crippen LogP contribution in [0.15, 0.2) is 21.7 Å². The number of nitrogens with one attached hydrogen (secondary N) is 1. The summed E-state index contributed by atoms with van der Waals surface area (Å²) in [5.41, 5.74) is 1.90. The minimum absolute atomic E-state index is 0.0259. The van der Waals surface area contributed by atoms with Crippen molar-refractivity contribution < 1.29 is 19.5 Å². The predicted molar refractivity (Wildman–Crippen MR) is 78.8 cm³/mol. The molecular formula is C11H16N6O4S. The van der Waals surface area contributed by atoms with Gasteiger partial charge in [0.2, 0.25) is 5.71 Å². The fourth-order valence-electron chi connectivity index (χ4n) is 1.23. The summed E-state index contributed by atoms with van der Waals surface area (Å²) in [5, 5.41) is 23.4. The second-order valence-corrected chi connectivity index (χ2v) is 4.86. The maximum absolute atomic E-state index is 11.6. The lowest BCUT2D eigenvalue weighted by Gasteiger charge is -2.04. The Morgan fingerprint density at radius 1 is 1.55 bits per heavy atom. The normalized spacial score (nSPS) is 12.1. The van der Waals surface area contributed by atoms with Gasteiger partial charge >= 0.3 is 5.97 Å². The molecule has 1 heterocycles. The zero-order chi connectivity index (χ0) is 16.5. The average molecular weight is 328 g/mol. The lowest BCUT2D eigenvalue weighted by molar-refractivity contribution is -0.135. The van der Waals surface area contributed by atoms with Crippen molar-refractivity contribution in [3.05, 3.63) is 6.33 Å². The predicted octanol–water partition coefficient (Wildman–Crippen LogP) is -0.207. The molecule has 2 N–H and O–H groups in total. The molecule has 1 amide bonds. The Balaban J connectivity index is 2.53. The lowest BCUT2D eigenvalue weighted by Crippen LogP contribution is -2.28. The van der Waals surface area contributed by atoms with Crippen LogP contribution < -0.4 is 5.43 Å². The number of hydrogen-bond acceptors (Lipinski definition) is 9. The third-order valence-electron chi connectivity index (χ3n) is 2.26. The van der Waals surface area contributed by atoms with Gasteiger partial charge in [-0.3, -0.25) is 4.79 Å². The number of rotatable bonds is 7.